The fraction of sp³-hybridized carbons (Fsp3) is 0.450. The molecule has 1 N–H and O–H groups in total. The molecule has 0 spiro atoms. The molecule has 1 fully saturated rings. The molecule has 6 heteroatoms. The van der Waals surface area contributed by atoms with Crippen molar-refractivity contribution >= 4 is 11.9 Å². The molecule has 2 atom stereocenters. The normalized spacial score (nSPS) is 20.4. The monoisotopic (exact) mass is 355 g/mol. The minimum Gasteiger partial charge on any atom is -0.481 e. The van der Waals surface area contributed by atoms with Gasteiger partial charge in [-0.05, 0) is 36.5 Å². The number of piperidine rings is 1. The van der Waals surface area contributed by atoms with Crippen molar-refractivity contribution in [2.45, 2.75) is 33.1 Å². The summed E-state index contributed by atoms with van der Waals surface area (Å²) in [6.07, 6.45) is 0.606. The first-order chi connectivity index (χ1) is 12.4. The van der Waals surface area contributed by atoms with E-state index in [1.54, 1.807) is 9.58 Å². The number of aromatic nitrogens is 2. The lowest BCUT2D eigenvalue weighted by Gasteiger charge is -2.34. The molecule has 1 aromatic carbocycles. The van der Waals surface area contributed by atoms with Gasteiger partial charge in [0.1, 0.15) is 0 Å². The molecule has 2 aromatic rings. The lowest BCUT2D eigenvalue weighted by atomic mass is 9.90. The average molecular weight is 355 g/mol. The molecular weight excluding hydrogens is 330 g/mol. The van der Waals surface area contributed by atoms with Gasteiger partial charge in [0.15, 0.2) is 5.69 Å². The Labute approximate surface area is 153 Å². The van der Waals surface area contributed by atoms with Gasteiger partial charge in [0.25, 0.3) is 5.91 Å². The molecule has 1 aliphatic heterocycles. The van der Waals surface area contributed by atoms with E-state index >= 15 is 0 Å². The van der Waals surface area contributed by atoms with Crippen molar-refractivity contribution in [3.8, 4) is 5.69 Å². The minimum atomic E-state index is -0.841. The molecule has 2 heterocycles. The summed E-state index contributed by atoms with van der Waals surface area (Å²) < 4.78 is 1.81. The summed E-state index contributed by atoms with van der Waals surface area (Å²) in [4.78, 5) is 26.0. The number of carboxylic acids is 1. The predicted molar refractivity (Wildman–Crippen MR) is 98.5 cm³/mol. The summed E-state index contributed by atoms with van der Waals surface area (Å²) in [7, 11) is 0. The van der Waals surface area contributed by atoms with Crippen molar-refractivity contribution in [3.63, 3.8) is 0 Å². The van der Waals surface area contributed by atoms with Gasteiger partial charge in [-0.2, -0.15) is 5.10 Å². The number of aliphatic carboxylic acids is 1. The van der Waals surface area contributed by atoms with Crippen LogP contribution in [-0.4, -0.2) is 44.8 Å². The Morgan fingerprint density at radius 2 is 1.88 bits per heavy atom. The third kappa shape index (κ3) is 3.64. The topological polar surface area (TPSA) is 75.4 Å². The van der Waals surface area contributed by atoms with Gasteiger partial charge in [-0.1, -0.05) is 39.0 Å². The van der Waals surface area contributed by atoms with Crippen molar-refractivity contribution in [1.29, 1.82) is 0 Å². The van der Waals surface area contributed by atoms with Crippen molar-refractivity contribution in [3.05, 3.63) is 47.8 Å². The zero-order valence-corrected chi connectivity index (χ0v) is 15.4. The molecular formula is C20H25N3O3. The lowest BCUT2D eigenvalue weighted by Crippen LogP contribution is -2.45. The van der Waals surface area contributed by atoms with Crippen molar-refractivity contribution < 1.29 is 14.7 Å². The van der Waals surface area contributed by atoms with Crippen molar-refractivity contribution in [2.75, 3.05) is 13.1 Å². The van der Waals surface area contributed by atoms with E-state index in [1.807, 2.05) is 43.3 Å². The minimum absolute atomic E-state index is 0.162. The fourth-order valence-electron chi connectivity index (χ4n) is 3.55. The fourth-order valence-corrected chi connectivity index (χ4v) is 3.55. The van der Waals surface area contributed by atoms with Gasteiger partial charge < -0.3 is 10.0 Å². The molecule has 0 saturated carbocycles. The molecule has 26 heavy (non-hydrogen) atoms. The highest BCUT2D eigenvalue weighted by Gasteiger charge is 2.33. The lowest BCUT2D eigenvalue weighted by molar-refractivity contribution is -0.143. The molecule has 2 unspecified atom stereocenters. The van der Waals surface area contributed by atoms with Crippen LogP contribution in [-0.2, 0) is 4.79 Å². The molecule has 6 nitrogen and oxygen atoms in total. The number of amides is 1. The third-order valence-corrected chi connectivity index (χ3v) is 4.84. The van der Waals surface area contributed by atoms with Crippen LogP contribution in [0.4, 0.5) is 0 Å². The first kappa shape index (κ1) is 18.2. The third-order valence-electron chi connectivity index (χ3n) is 4.84. The molecule has 1 amide bonds. The summed E-state index contributed by atoms with van der Waals surface area (Å²) in [5, 5.41) is 13.9. The number of benzene rings is 1. The van der Waals surface area contributed by atoms with Crippen LogP contribution in [0.2, 0.25) is 0 Å². The average Bonchev–Trinajstić information content (AvgIpc) is 3.07. The maximum atomic E-state index is 13.0. The van der Waals surface area contributed by atoms with Gasteiger partial charge in [0.2, 0.25) is 0 Å². The van der Waals surface area contributed by atoms with Gasteiger partial charge >= 0.3 is 5.97 Å². The Balaban J connectivity index is 1.91. The van der Waals surface area contributed by atoms with Gasteiger partial charge in [0, 0.05) is 18.8 Å². The van der Waals surface area contributed by atoms with Gasteiger partial charge in [-0.3, -0.25) is 9.59 Å². The predicted octanol–water partition coefficient (Wildman–Crippen LogP) is 3.18. The number of carboxylic acid groups (broad SMARTS) is 1. The maximum absolute atomic E-state index is 13.0. The van der Waals surface area contributed by atoms with E-state index in [-0.39, 0.29) is 24.3 Å². The van der Waals surface area contributed by atoms with Crippen LogP contribution in [0.15, 0.2) is 36.4 Å². The van der Waals surface area contributed by atoms with Crippen molar-refractivity contribution in [2.24, 2.45) is 11.8 Å². The van der Waals surface area contributed by atoms with Crippen molar-refractivity contribution in [1.82, 2.24) is 14.7 Å². The van der Waals surface area contributed by atoms with Crippen LogP contribution < -0.4 is 0 Å². The number of hydrogen-bond acceptors (Lipinski definition) is 3. The quantitative estimate of drug-likeness (QED) is 0.914. The van der Waals surface area contributed by atoms with Crippen LogP contribution in [0, 0.1) is 11.8 Å². The second-order valence-corrected chi connectivity index (χ2v) is 7.44. The number of carbonyl (C=O) groups is 2. The van der Waals surface area contributed by atoms with Crippen LogP contribution >= 0.6 is 0 Å². The summed E-state index contributed by atoms with van der Waals surface area (Å²) in [5.41, 5.74) is 2.24. The van der Waals surface area contributed by atoms with E-state index in [1.165, 1.54) is 0 Å². The largest absolute Gasteiger partial charge is 0.481 e. The molecule has 1 saturated heterocycles. The van der Waals surface area contributed by atoms with Crippen LogP contribution in [0.25, 0.3) is 5.69 Å². The van der Waals surface area contributed by atoms with Crippen LogP contribution in [0.1, 0.15) is 49.3 Å². The Morgan fingerprint density at radius 1 is 1.19 bits per heavy atom. The first-order valence-corrected chi connectivity index (χ1v) is 9.04. The van der Waals surface area contributed by atoms with Gasteiger partial charge in [0.05, 0.1) is 11.6 Å². The van der Waals surface area contributed by atoms with E-state index < -0.39 is 11.9 Å². The Kier molecular flexibility index (Phi) is 5.11. The smallest absolute Gasteiger partial charge is 0.308 e. The first-order valence-electron chi connectivity index (χ1n) is 9.04. The van der Waals surface area contributed by atoms with Crippen LogP contribution in [0.5, 0.6) is 0 Å². The van der Waals surface area contributed by atoms with E-state index in [2.05, 4.69) is 18.9 Å². The number of nitrogens with zero attached hydrogens (tertiary/aromatic N) is 3. The van der Waals surface area contributed by atoms with Gasteiger partial charge in [-0.15, -0.1) is 0 Å². The molecule has 0 bridgehead atoms. The maximum Gasteiger partial charge on any atom is 0.308 e. The molecule has 1 aliphatic rings. The standard InChI is InChI=1S/C20H25N3O3/c1-13(2)18-10-17(21-23(18)16-7-5-4-6-8-16)19(24)22-11-14(3)9-15(12-22)20(25)26/h4-8,10,13-15H,9,11-12H2,1-3H3,(H,25,26). The summed E-state index contributed by atoms with van der Waals surface area (Å²) in [6, 6.07) is 11.6. The number of rotatable bonds is 4. The Bertz CT molecular complexity index is 798. The summed E-state index contributed by atoms with van der Waals surface area (Å²) in [5.74, 6) is -1.18. The highest BCUT2D eigenvalue weighted by Crippen LogP contribution is 2.25. The van der Waals surface area contributed by atoms with E-state index in [9.17, 15) is 14.7 Å². The zero-order valence-electron chi connectivity index (χ0n) is 15.4. The summed E-state index contributed by atoms with van der Waals surface area (Å²) in [6.45, 7) is 6.92. The Morgan fingerprint density at radius 3 is 2.50 bits per heavy atom. The number of likely N-dealkylation sites (tertiary alicyclic amines) is 1. The molecule has 3 rings (SSSR count). The highest BCUT2D eigenvalue weighted by atomic mass is 16.4. The second-order valence-electron chi connectivity index (χ2n) is 7.44. The van der Waals surface area contributed by atoms with Gasteiger partial charge in [-0.25, -0.2) is 4.68 Å². The van der Waals surface area contributed by atoms with E-state index in [0.29, 0.717) is 18.7 Å². The molecule has 0 radical (unpaired) electrons. The summed E-state index contributed by atoms with van der Waals surface area (Å²) >= 11 is 0. The SMILES string of the molecule is CC1CC(C(=O)O)CN(C(=O)c2cc(C(C)C)n(-c3ccccc3)n2)C1. The molecule has 1 aromatic heterocycles. The Hall–Kier alpha value is -2.63. The molecule has 138 valence electrons. The number of hydrogen-bond donors (Lipinski definition) is 1. The zero-order chi connectivity index (χ0) is 18.8. The van der Waals surface area contributed by atoms with Crippen LogP contribution in [0.3, 0.4) is 0 Å². The van der Waals surface area contributed by atoms with E-state index in [4.69, 9.17) is 0 Å². The number of para-hydroxylation sites is 1. The second kappa shape index (κ2) is 7.32. The molecule has 0 aliphatic carbocycles. The number of carbonyl (C=O) groups excluding carboxylic acids is 1. The highest BCUT2D eigenvalue weighted by molar-refractivity contribution is 5.93. The van der Waals surface area contributed by atoms with E-state index in [0.717, 1.165) is 11.4 Å².